The van der Waals surface area contributed by atoms with Gasteiger partial charge in [-0.3, -0.25) is 0 Å². The molecule has 246 valence electrons. The van der Waals surface area contributed by atoms with Crippen LogP contribution in [0.4, 0.5) is 17.1 Å². The van der Waals surface area contributed by atoms with E-state index in [-0.39, 0.29) is 0 Å². The zero-order valence-corrected chi connectivity index (χ0v) is 29.1. The molecule has 0 aliphatic heterocycles. The van der Waals surface area contributed by atoms with Crippen LogP contribution in [0.5, 0.6) is 0 Å². The molecule has 8 aromatic carbocycles. The third kappa shape index (κ3) is 5.45. The number of aryl methyl sites for hydroxylation is 1. The number of fused-ring (bicyclic) bond motifs is 6. The van der Waals surface area contributed by atoms with E-state index in [4.69, 9.17) is 0 Å². The number of hydrogen-bond donors (Lipinski definition) is 0. The second-order valence-electron chi connectivity index (χ2n) is 13.6. The van der Waals surface area contributed by atoms with Crippen LogP contribution in [0.1, 0.15) is 29.5 Å². The van der Waals surface area contributed by atoms with E-state index in [9.17, 15) is 5.26 Å². The number of hydrogen-bond acceptors (Lipinski definition) is 2. The van der Waals surface area contributed by atoms with Gasteiger partial charge in [0.2, 0.25) is 0 Å². The van der Waals surface area contributed by atoms with Crippen molar-refractivity contribution in [3.05, 3.63) is 193 Å². The number of allylic oxidation sites excluding steroid dienone is 4. The summed E-state index contributed by atoms with van der Waals surface area (Å²) in [4.78, 5) is 2.29. The molecule has 1 aliphatic carbocycles. The number of anilines is 3. The molecule has 1 aliphatic rings. The number of benzene rings is 8. The monoisotopic (exact) mass is 664 g/mol. The summed E-state index contributed by atoms with van der Waals surface area (Å²) in [6, 6.07) is 58.9. The van der Waals surface area contributed by atoms with E-state index in [1.807, 2.05) is 24.3 Å². The Bertz CT molecular complexity index is 2710. The Morgan fingerprint density at radius 2 is 1.13 bits per heavy atom. The normalized spacial score (nSPS) is 12.6. The van der Waals surface area contributed by atoms with Crippen LogP contribution in [0, 0.1) is 18.3 Å². The summed E-state index contributed by atoms with van der Waals surface area (Å²) < 4.78 is 0. The second-order valence-corrected chi connectivity index (χ2v) is 13.6. The van der Waals surface area contributed by atoms with Crippen molar-refractivity contribution in [3.63, 3.8) is 0 Å². The van der Waals surface area contributed by atoms with Gasteiger partial charge >= 0.3 is 0 Å². The molecule has 0 radical (unpaired) electrons. The molecule has 0 unspecified atom stereocenters. The van der Waals surface area contributed by atoms with Crippen molar-refractivity contribution in [1.82, 2.24) is 0 Å². The van der Waals surface area contributed by atoms with Gasteiger partial charge in [0.05, 0.1) is 11.6 Å². The van der Waals surface area contributed by atoms with Crippen molar-refractivity contribution in [2.45, 2.75) is 19.8 Å². The molecular weight excluding hydrogens is 629 g/mol. The van der Waals surface area contributed by atoms with Crippen LogP contribution in [-0.4, -0.2) is 0 Å². The Kier molecular flexibility index (Phi) is 7.95. The SMILES string of the molecule is Cc1ccc(N(c2ccc(C#N)cc2)c2ccc3c(c2)c2ccccc2c2c(-c4ccccc4)cc(C4=CCCC=C4)c(-c4ccccc4)c32)cc1. The van der Waals surface area contributed by atoms with Crippen LogP contribution in [0.25, 0.3) is 60.1 Å². The van der Waals surface area contributed by atoms with E-state index in [0.717, 1.165) is 29.9 Å². The van der Waals surface area contributed by atoms with E-state index in [1.54, 1.807) is 0 Å². The van der Waals surface area contributed by atoms with Crippen LogP contribution in [0.2, 0.25) is 0 Å². The first kappa shape index (κ1) is 31.3. The maximum absolute atomic E-state index is 9.57. The first-order valence-corrected chi connectivity index (χ1v) is 18.0. The van der Waals surface area contributed by atoms with E-state index < -0.39 is 0 Å². The molecule has 2 heteroatoms. The topological polar surface area (TPSA) is 27.0 Å². The Morgan fingerprint density at radius 1 is 0.519 bits per heavy atom. The third-order valence-electron chi connectivity index (χ3n) is 10.3. The van der Waals surface area contributed by atoms with Crippen LogP contribution >= 0.6 is 0 Å². The van der Waals surface area contributed by atoms with Gasteiger partial charge in [0, 0.05) is 17.1 Å². The summed E-state index contributed by atoms with van der Waals surface area (Å²) in [7, 11) is 0. The molecule has 0 aromatic heterocycles. The minimum absolute atomic E-state index is 0.643. The van der Waals surface area contributed by atoms with E-state index in [0.29, 0.717) is 5.56 Å². The Labute approximate surface area is 304 Å². The molecule has 0 atom stereocenters. The quantitative estimate of drug-likeness (QED) is 0.165. The molecule has 8 aromatic rings. The average molecular weight is 665 g/mol. The lowest BCUT2D eigenvalue weighted by Crippen LogP contribution is -2.10. The van der Waals surface area contributed by atoms with Gasteiger partial charge < -0.3 is 4.90 Å². The van der Waals surface area contributed by atoms with Crippen molar-refractivity contribution in [3.8, 4) is 28.3 Å². The molecule has 0 saturated heterocycles. The lowest BCUT2D eigenvalue weighted by molar-refractivity contribution is 1.04. The highest BCUT2D eigenvalue weighted by Crippen LogP contribution is 2.49. The largest absolute Gasteiger partial charge is 0.310 e. The van der Waals surface area contributed by atoms with Gasteiger partial charge in [0.15, 0.2) is 0 Å². The summed E-state index contributed by atoms with van der Waals surface area (Å²) >= 11 is 0. The van der Waals surface area contributed by atoms with Crippen LogP contribution in [-0.2, 0) is 0 Å². The van der Waals surface area contributed by atoms with Crippen LogP contribution in [0.3, 0.4) is 0 Å². The Balaban J connectivity index is 1.43. The predicted octanol–water partition coefficient (Wildman–Crippen LogP) is 13.9. The van der Waals surface area contributed by atoms with Gasteiger partial charge in [0.1, 0.15) is 0 Å². The van der Waals surface area contributed by atoms with E-state index in [2.05, 4.69) is 170 Å². The number of rotatable bonds is 6. The molecule has 0 bridgehead atoms. The van der Waals surface area contributed by atoms with Gasteiger partial charge in [-0.1, -0.05) is 127 Å². The highest BCUT2D eigenvalue weighted by atomic mass is 15.1. The Morgan fingerprint density at radius 3 is 1.81 bits per heavy atom. The molecule has 0 fully saturated rings. The summed E-state index contributed by atoms with van der Waals surface area (Å²) in [6.45, 7) is 2.12. The van der Waals surface area contributed by atoms with Gasteiger partial charge in [-0.15, -0.1) is 0 Å². The lowest BCUT2D eigenvalue weighted by atomic mass is 9.80. The minimum atomic E-state index is 0.643. The molecule has 0 saturated carbocycles. The maximum Gasteiger partial charge on any atom is 0.0991 e. The lowest BCUT2D eigenvalue weighted by Gasteiger charge is -2.27. The van der Waals surface area contributed by atoms with Gasteiger partial charge in [-0.25, -0.2) is 0 Å². The molecule has 52 heavy (non-hydrogen) atoms. The van der Waals surface area contributed by atoms with Crippen molar-refractivity contribution in [2.75, 3.05) is 4.90 Å². The highest BCUT2D eigenvalue weighted by Gasteiger charge is 2.23. The summed E-state index contributed by atoms with van der Waals surface area (Å²) in [5, 5.41) is 17.0. The number of nitrogens with zero attached hydrogens (tertiary/aromatic N) is 2. The predicted molar refractivity (Wildman–Crippen MR) is 220 cm³/mol. The average Bonchev–Trinajstić information content (AvgIpc) is 3.22. The third-order valence-corrected chi connectivity index (χ3v) is 10.3. The van der Waals surface area contributed by atoms with E-state index in [1.165, 1.54) is 71.3 Å². The summed E-state index contributed by atoms with van der Waals surface area (Å²) in [5.41, 5.74) is 12.4. The molecular formula is C50H36N2. The van der Waals surface area contributed by atoms with Crippen molar-refractivity contribution in [1.29, 1.82) is 5.26 Å². The van der Waals surface area contributed by atoms with E-state index >= 15 is 0 Å². The van der Waals surface area contributed by atoms with Gasteiger partial charge in [-0.2, -0.15) is 5.26 Å². The fourth-order valence-electron chi connectivity index (χ4n) is 7.90. The highest BCUT2D eigenvalue weighted by molar-refractivity contribution is 6.32. The second kappa shape index (κ2) is 13.2. The first-order chi connectivity index (χ1) is 25.7. The first-order valence-electron chi connectivity index (χ1n) is 18.0. The molecule has 0 spiro atoms. The fraction of sp³-hybridized carbons (Fsp3) is 0.0600. The van der Waals surface area contributed by atoms with Crippen molar-refractivity contribution < 1.29 is 0 Å². The van der Waals surface area contributed by atoms with Crippen LogP contribution in [0.15, 0.2) is 176 Å². The maximum atomic E-state index is 9.57. The van der Waals surface area contributed by atoms with Crippen molar-refractivity contribution in [2.24, 2.45) is 0 Å². The van der Waals surface area contributed by atoms with Crippen LogP contribution < -0.4 is 4.90 Å². The summed E-state index contributed by atoms with van der Waals surface area (Å²) in [5.74, 6) is 0. The zero-order chi connectivity index (χ0) is 35.0. The zero-order valence-electron chi connectivity index (χ0n) is 29.1. The standard InChI is InChI=1S/C50H36N2/c1-34-21-25-39(26-22-34)52(40-27-23-35(33-51)24-28-40)41-29-30-44-47(31-41)42-19-11-12-20-43(42)49-46(37-15-7-3-8-16-37)32-45(36-13-5-2-6-14-36)48(50(44)49)38-17-9-4-10-18-38/h3-5,7-32H,2,6H2,1H3. The van der Waals surface area contributed by atoms with Gasteiger partial charge in [0.25, 0.3) is 0 Å². The molecule has 2 nitrogen and oxygen atoms in total. The van der Waals surface area contributed by atoms with Gasteiger partial charge in [-0.05, 0) is 140 Å². The summed E-state index contributed by atoms with van der Waals surface area (Å²) in [6.07, 6.45) is 9.12. The molecule has 9 rings (SSSR count). The Hall–Kier alpha value is -6.69. The van der Waals surface area contributed by atoms with Crippen molar-refractivity contribution >= 4 is 55.0 Å². The minimum Gasteiger partial charge on any atom is -0.310 e. The fourth-order valence-corrected chi connectivity index (χ4v) is 7.90. The molecule has 0 N–H and O–H groups in total. The molecule has 0 heterocycles. The molecule has 0 amide bonds. The number of nitriles is 1. The smallest absolute Gasteiger partial charge is 0.0991 e.